The maximum absolute atomic E-state index is 12.4. The van der Waals surface area contributed by atoms with Crippen LogP contribution in [0.4, 0.5) is 0 Å². The van der Waals surface area contributed by atoms with Crippen molar-refractivity contribution in [3.8, 4) is 0 Å². The number of aliphatic imine (C=N–C) groups is 1. The largest absolute Gasteiger partial charge is 0.368 e. The van der Waals surface area contributed by atoms with Crippen molar-refractivity contribution in [3.63, 3.8) is 0 Å². The summed E-state index contributed by atoms with van der Waals surface area (Å²) in [5, 5.41) is 3.38. The van der Waals surface area contributed by atoms with E-state index in [-0.39, 0.29) is 36.0 Å². The van der Waals surface area contributed by atoms with Gasteiger partial charge in [0.15, 0.2) is 5.96 Å². The predicted octanol–water partition coefficient (Wildman–Crippen LogP) is 1.30. The van der Waals surface area contributed by atoms with Gasteiger partial charge in [0.2, 0.25) is 0 Å². The lowest BCUT2D eigenvalue weighted by atomic mass is 10.2. The molecule has 1 N–H and O–H groups in total. The molecule has 23 heavy (non-hydrogen) atoms. The highest BCUT2D eigenvalue weighted by Crippen LogP contribution is 2.28. The Morgan fingerprint density at radius 1 is 1.17 bits per heavy atom. The van der Waals surface area contributed by atoms with Gasteiger partial charge in [0.05, 0.1) is 0 Å². The van der Waals surface area contributed by atoms with Crippen LogP contribution in [0.1, 0.15) is 32.6 Å². The number of carbonyl (C=O) groups is 1. The molecule has 3 aliphatic rings. The third kappa shape index (κ3) is 5.20. The van der Waals surface area contributed by atoms with Crippen LogP contribution in [0.3, 0.4) is 0 Å². The first-order valence-corrected chi connectivity index (χ1v) is 8.71. The van der Waals surface area contributed by atoms with Gasteiger partial charge >= 0.3 is 0 Å². The van der Waals surface area contributed by atoms with E-state index < -0.39 is 0 Å². The molecule has 7 heteroatoms. The van der Waals surface area contributed by atoms with Crippen molar-refractivity contribution in [2.45, 2.75) is 38.7 Å². The minimum atomic E-state index is -0.191. The van der Waals surface area contributed by atoms with E-state index in [9.17, 15) is 4.79 Å². The van der Waals surface area contributed by atoms with Crippen molar-refractivity contribution < 1.29 is 9.53 Å². The number of carbonyl (C=O) groups excluding carboxylic acids is 1. The summed E-state index contributed by atoms with van der Waals surface area (Å²) in [6.45, 7) is 7.91. The molecule has 2 saturated heterocycles. The molecule has 0 radical (unpaired) electrons. The Hall–Kier alpha value is -0.570. The van der Waals surface area contributed by atoms with Gasteiger partial charge in [0, 0.05) is 45.9 Å². The molecule has 0 spiro atoms. The number of nitrogens with one attached hydrogen (secondary N) is 1. The van der Waals surface area contributed by atoms with Gasteiger partial charge in [0.1, 0.15) is 6.10 Å². The van der Waals surface area contributed by atoms with Crippen LogP contribution in [0.25, 0.3) is 0 Å². The van der Waals surface area contributed by atoms with E-state index in [1.807, 2.05) is 4.90 Å². The summed E-state index contributed by atoms with van der Waals surface area (Å²) in [5.74, 6) is 1.99. The number of guanidine groups is 1. The number of halogens is 1. The molecular formula is C16H29IN4O2. The second kappa shape index (κ2) is 9.05. The van der Waals surface area contributed by atoms with Crippen molar-refractivity contribution in [3.05, 3.63) is 0 Å². The standard InChI is InChI=1S/C16H28N4O2.HI/c1-2-17-16(18-12-13-5-6-13)20-9-7-19(8-10-20)15(21)14-4-3-11-22-14;/h13-14H,2-12H2,1H3,(H,17,18);1H. The van der Waals surface area contributed by atoms with Crippen LogP contribution >= 0.6 is 24.0 Å². The lowest BCUT2D eigenvalue weighted by molar-refractivity contribution is -0.142. The SMILES string of the molecule is CCNC(=NCC1CC1)N1CCN(C(=O)C2CCCO2)CC1.I. The van der Waals surface area contributed by atoms with Gasteiger partial charge in [-0.25, -0.2) is 0 Å². The van der Waals surface area contributed by atoms with E-state index in [2.05, 4.69) is 17.1 Å². The molecule has 3 fully saturated rings. The molecule has 0 aromatic carbocycles. The second-order valence-electron chi connectivity index (χ2n) is 6.45. The third-order valence-electron chi connectivity index (χ3n) is 4.63. The molecular weight excluding hydrogens is 407 g/mol. The fraction of sp³-hybridized carbons (Fsp3) is 0.875. The molecule has 6 nitrogen and oxygen atoms in total. The van der Waals surface area contributed by atoms with Crippen LogP contribution < -0.4 is 5.32 Å². The minimum absolute atomic E-state index is 0. The normalized spacial score (nSPS) is 25.3. The van der Waals surface area contributed by atoms with Crippen LogP contribution in [0.5, 0.6) is 0 Å². The van der Waals surface area contributed by atoms with E-state index in [0.29, 0.717) is 0 Å². The lowest BCUT2D eigenvalue weighted by Crippen LogP contribution is -2.55. The molecule has 0 aromatic rings. The highest BCUT2D eigenvalue weighted by atomic mass is 127. The zero-order chi connectivity index (χ0) is 15.4. The summed E-state index contributed by atoms with van der Waals surface area (Å²) in [4.78, 5) is 21.4. The van der Waals surface area contributed by atoms with Gasteiger partial charge in [-0.1, -0.05) is 0 Å². The number of rotatable bonds is 4. The van der Waals surface area contributed by atoms with Gasteiger partial charge in [-0.05, 0) is 38.5 Å². The summed E-state index contributed by atoms with van der Waals surface area (Å²) < 4.78 is 5.51. The zero-order valence-electron chi connectivity index (χ0n) is 14.0. The lowest BCUT2D eigenvalue weighted by Gasteiger charge is -2.37. The smallest absolute Gasteiger partial charge is 0.251 e. The fourth-order valence-electron chi connectivity index (χ4n) is 3.06. The van der Waals surface area contributed by atoms with Crippen molar-refractivity contribution >= 4 is 35.8 Å². The molecule has 0 bridgehead atoms. The second-order valence-corrected chi connectivity index (χ2v) is 6.45. The Labute approximate surface area is 156 Å². The van der Waals surface area contributed by atoms with Crippen LogP contribution in [-0.2, 0) is 9.53 Å². The summed E-state index contributed by atoms with van der Waals surface area (Å²) >= 11 is 0. The van der Waals surface area contributed by atoms with Crippen LogP contribution in [0.2, 0.25) is 0 Å². The third-order valence-corrected chi connectivity index (χ3v) is 4.63. The Kier molecular flexibility index (Phi) is 7.39. The summed E-state index contributed by atoms with van der Waals surface area (Å²) in [6, 6.07) is 0. The van der Waals surface area contributed by atoms with Gasteiger partial charge in [-0.3, -0.25) is 9.79 Å². The fourth-order valence-corrected chi connectivity index (χ4v) is 3.06. The monoisotopic (exact) mass is 436 g/mol. The maximum Gasteiger partial charge on any atom is 0.251 e. The summed E-state index contributed by atoms with van der Waals surface area (Å²) in [5.41, 5.74) is 0. The molecule has 1 saturated carbocycles. The Bertz CT molecular complexity index is 414. The molecule has 1 atom stereocenters. The molecule has 2 aliphatic heterocycles. The Morgan fingerprint density at radius 3 is 2.43 bits per heavy atom. The number of amides is 1. The summed E-state index contributed by atoms with van der Waals surface area (Å²) in [6.07, 6.45) is 4.35. The first kappa shape index (κ1) is 18.8. The molecule has 0 aromatic heterocycles. The van der Waals surface area contributed by atoms with E-state index in [1.165, 1.54) is 12.8 Å². The van der Waals surface area contributed by atoms with Crippen molar-refractivity contribution in [1.29, 1.82) is 0 Å². The van der Waals surface area contributed by atoms with E-state index in [0.717, 1.165) is 70.6 Å². The van der Waals surface area contributed by atoms with Gasteiger partial charge in [-0.15, -0.1) is 24.0 Å². The number of ether oxygens (including phenoxy) is 1. The number of hydrogen-bond acceptors (Lipinski definition) is 3. The number of piperazine rings is 1. The van der Waals surface area contributed by atoms with E-state index in [1.54, 1.807) is 0 Å². The van der Waals surface area contributed by atoms with Crippen LogP contribution in [-0.4, -0.2) is 73.6 Å². The van der Waals surface area contributed by atoms with E-state index in [4.69, 9.17) is 9.73 Å². The number of nitrogens with zero attached hydrogens (tertiary/aromatic N) is 3. The molecule has 2 heterocycles. The van der Waals surface area contributed by atoms with Crippen molar-refractivity contribution in [1.82, 2.24) is 15.1 Å². The first-order chi connectivity index (χ1) is 10.8. The zero-order valence-corrected chi connectivity index (χ0v) is 16.3. The van der Waals surface area contributed by atoms with Gasteiger partial charge < -0.3 is 19.9 Å². The van der Waals surface area contributed by atoms with Crippen molar-refractivity contribution in [2.75, 3.05) is 45.9 Å². The topological polar surface area (TPSA) is 57.2 Å². The maximum atomic E-state index is 12.4. The van der Waals surface area contributed by atoms with E-state index >= 15 is 0 Å². The summed E-state index contributed by atoms with van der Waals surface area (Å²) in [7, 11) is 0. The molecule has 1 unspecified atom stereocenters. The molecule has 132 valence electrons. The predicted molar refractivity (Wildman–Crippen MR) is 101 cm³/mol. The highest BCUT2D eigenvalue weighted by Gasteiger charge is 2.31. The molecule has 1 aliphatic carbocycles. The average molecular weight is 436 g/mol. The average Bonchev–Trinajstić information content (AvgIpc) is 3.22. The minimum Gasteiger partial charge on any atom is -0.368 e. The Balaban J connectivity index is 0.00000192. The van der Waals surface area contributed by atoms with Crippen molar-refractivity contribution in [2.24, 2.45) is 10.9 Å². The van der Waals surface area contributed by atoms with Crippen LogP contribution in [0, 0.1) is 5.92 Å². The highest BCUT2D eigenvalue weighted by molar-refractivity contribution is 14.0. The van der Waals surface area contributed by atoms with Gasteiger partial charge in [0.25, 0.3) is 5.91 Å². The van der Waals surface area contributed by atoms with Crippen LogP contribution in [0.15, 0.2) is 4.99 Å². The Morgan fingerprint density at radius 2 is 1.87 bits per heavy atom. The van der Waals surface area contributed by atoms with Gasteiger partial charge in [-0.2, -0.15) is 0 Å². The first-order valence-electron chi connectivity index (χ1n) is 8.71. The molecule has 1 amide bonds. The number of hydrogen-bond donors (Lipinski definition) is 1. The molecule has 3 rings (SSSR count). The quantitative estimate of drug-likeness (QED) is 0.410.